The van der Waals surface area contributed by atoms with E-state index >= 15 is 0 Å². The number of phenols is 1. The molecular weight excluding hydrogens is 256 g/mol. The van der Waals surface area contributed by atoms with Crippen molar-refractivity contribution in [1.82, 2.24) is 10.2 Å². The average Bonchev–Trinajstić information content (AvgIpc) is 2.41. The van der Waals surface area contributed by atoms with Crippen LogP contribution in [0.1, 0.15) is 25.3 Å². The van der Waals surface area contributed by atoms with Crippen molar-refractivity contribution in [3.63, 3.8) is 0 Å². The van der Waals surface area contributed by atoms with Crippen molar-refractivity contribution >= 4 is 11.8 Å². The van der Waals surface area contributed by atoms with Crippen molar-refractivity contribution in [3.8, 4) is 5.75 Å². The number of nitrogens with one attached hydrogen (secondary N) is 1. The molecule has 0 saturated carbocycles. The van der Waals surface area contributed by atoms with E-state index in [1.807, 2.05) is 6.07 Å². The molecule has 0 aromatic heterocycles. The molecule has 2 N–H and O–H groups in total. The summed E-state index contributed by atoms with van der Waals surface area (Å²) in [7, 11) is 0. The number of amides is 2. The number of hydrogen-bond donors (Lipinski definition) is 2. The Morgan fingerprint density at radius 2 is 1.95 bits per heavy atom. The van der Waals surface area contributed by atoms with Crippen LogP contribution in [0.15, 0.2) is 24.3 Å². The number of carbonyl (C=O) groups is 2. The molecule has 1 aromatic carbocycles. The van der Waals surface area contributed by atoms with Gasteiger partial charge in [0.25, 0.3) is 0 Å². The number of phenolic OH excluding ortho intramolecular Hbond substituents is 1. The SMILES string of the molecule is CC(=O)NC1CCN(C(=O)Cc2ccccc2O)CC1. The summed E-state index contributed by atoms with van der Waals surface area (Å²) in [5.74, 6) is 0.158. The van der Waals surface area contributed by atoms with Crippen LogP contribution in [0, 0.1) is 0 Å². The van der Waals surface area contributed by atoms with E-state index in [9.17, 15) is 14.7 Å². The molecule has 5 nitrogen and oxygen atoms in total. The fourth-order valence-electron chi connectivity index (χ4n) is 2.50. The first-order chi connectivity index (χ1) is 9.56. The van der Waals surface area contributed by atoms with Gasteiger partial charge in [0.05, 0.1) is 6.42 Å². The molecular formula is C15H20N2O3. The molecule has 1 aliphatic rings. The molecule has 0 bridgehead atoms. The predicted octanol–water partition coefficient (Wildman–Crippen LogP) is 1.06. The van der Waals surface area contributed by atoms with Gasteiger partial charge in [0, 0.05) is 31.6 Å². The van der Waals surface area contributed by atoms with Gasteiger partial charge in [0.1, 0.15) is 5.75 Å². The Kier molecular flexibility index (Phi) is 4.61. The molecule has 0 spiro atoms. The van der Waals surface area contributed by atoms with Gasteiger partial charge >= 0.3 is 0 Å². The number of para-hydroxylation sites is 1. The molecule has 2 rings (SSSR count). The number of carbonyl (C=O) groups excluding carboxylic acids is 2. The van der Waals surface area contributed by atoms with Crippen molar-refractivity contribution in [3.05, 3.63) is 29.8 Å². The standard InChI is InChI=1S/C15H20N2O3/c1-11(18)16-13-6-8-17(9-7-13)15(20)10-12-4-2-3-5-14(12)19/h2-5,13,19H,6-10H2,1H3,(H,16,18). The van der Waals surface area contributed by atoms with Gasteiger partial charge in [-0.3, -0.25) is 9.59 Å². The van der Waals surface area contributed by atoms with Gasteiger partial charge in [-0.15, -0.1) is 0 Å². The summed E-state index contributed by atoms with van der Waals surface area (Å²) in [6.45, 7) is 2.81. The minimum Gasteiger partial charge on any atom is -0.508 e. The Morgan fingerprint density at radius 1 is 1.30 bits per heavy atom. The van der Waals surface area contributed by atoms with Crippen molar-refractivity contribution in [1.29, 1.82) is 0 Å². The lowest BCUT2D eigenvalue weighted by atomic mass is 10.0. The van der Waals surface area contributed by atoms with Crippen molar-refractivity contribution in [2.24, 2.45) is 0 Å². The van der Waals surface area contributed by atoms with E-state index < -0.39 is 0 Å². The van der Waals surface area contributed by atoms with Crippen molar-refractivity contribution < 1.29 is 14.7 Å². The number of rotatable bonds is 3. The van der Waals surface area contributed by atoms with Crippen LogP contribution >= 0.6 is 0 Å². The summed E-state index contributed by atoms with van der Waals surface area (Å²) in [5, 5.41) is 12.6. The number of nitrogens with zero attached hydrogens (tertiary/aromatic N) is 1. The van der Waals surface area contributed by atoms with Gasteiger partial charge in [0.2, 0.25) is 11.8 Å². The molecule has 5 heteroatoms. The highest BCUT2D eigenvalue weighted by molar-refractivity contribution is 5.79. The Bertz CT molecular complexity index is 494. The predicted molar refractivity (Wildman–Crippen MR) is 75.2 cm³/mol. The second-order valence-corrected chi connectivity index (χ2v) is 5.16. The molecule has 1 saturated heterocycles. The second kappa shape index (κ2) is 6.41. The zero-order valence-electron chi connectivity index (χ0n) is 11.6. The van der Waals surface area contributed by atoms with Gasteiger partial charge in [-0.2, -0.15) is 0 Å². The van der Waals surface area contributed by atoms with Crippen molar-refractivity contribution in [2.45, 2.75) is 32.2 Å². The van der Waals surface area contributed by atoms with Crippen LogP contribution in [0.4, 0.5) is 0 Å². The fraction of sp³-hybridized carbons (Fsp3) is 0.467. The summed E-state index contributed by atoms with van der Waals surface area (Å²) in [6, 6.07) is 7.07. The summed E-state index contributed by atoms with van der Waals surface area (Å²) in [5.41, 5.74) is 0.654. The molecule has 1 aliphatic heterocycles. The number of benzene rings is 1. The Hall–Kier alpha value is -2.04. The highest BCUT2D eigenvalue weighted by Gasteiger charge is 2.23. The third-order valence-corrected chi connectivity index (χ3v) is 3.59. The van der Waals surface area contributed by atoms with Crippen LogP contribution in [-0.4, -0.2) is 41.0 Å². The highest BCUT2D eigenvalue weighted by atomic mass is 16.3. The third-order valence-electron chi connectivity index (χ3n) is 3.59. The van der Waals surface area contributed by atoms with Crippen LogP contribution in [0.3, 0.4) is 0 Å². The second-order valence-electron chi connectivity index (χ2n) is 5.16. The number of piperidine rings is 1. The van der Waals surface area contributed by atoms with Crippen LogP contribution in [0.2, 0.25) is 0 Å². The lowest BCUT2D eigenvalue weighted by Crippen LogP contribution is -2.46. The smallest absolute Gasteiger partial charge is 0.227 e. The minimum absolute atomic E-state index is 0.0211. The Labute approximate surface area is 118 Å². The molecule has 1 aromatic rings. The molecule has 0 aliphatic carbocycles. The van der Waals surface area contributed by atoms with Crippen molar-refractivity contribution in [2.75, 3.05) is 13.1 Å². The van der Waals surface area contributed by atoms with Gasteiger partial charge in [-0.25, -0.2) is 0 Å². The van der Waals surface area contributed by atoms with Crippen LogP contribution < -0.4 is 5.32 Å². The summed E-state index contributed by atoms with van der Waals surface area (Å²) in [6.07, 6.45) is 1.79. The molecule has 1 fully saturated rings. The lowest BCUT2D eigenvalue weighted by molar-refractivity contribution is -0.131. The van der Waals surface area contributed by atoms with Crippen LogP contribution in [-0.2, 0) is 16.0 Å². The lowest BCUT2D eigenvalue weighted by Gasteiger charge is -2.32. The molecule has 1 heterocycles. The van der Waals surface area contributed by atoms with E-state index in [4.69, 9.17) is 0 Å². The van der Waals surface area contributed by atoms with E-state index in [0.29, 0.717) is 18.7 Å². The highest BCUT2D eigenvalue weighted by Crippen LogP contribution is 2.18. The van der Waals surface area contributed by atoms with Crippen LogP contribution in [0.25, 0.3) is 0 Å². The molecule has 0 atom stereocenters. The number of aromatic hydroxyl groups is 1. The van der Waals surface area contributed by atoms with Crippen LogP contribution in [0.5, 0.6) is 5.75 Å². The van der Waals surface area contributed by atoms with E-state index in [1.54, 1.807) is 23.1 Å². The summed E-state index contributed by atoms with van der Waals surface area (Å²) >= 11 is 0. The van der Waals surface area contributed by atoms with Gasteiger partial charge < -0.3 is 15.3 Å². The number of hydrogen-bond acceptors (Lipinski definition) is 3. The van der Waals surface area contributed by atoms with Gasteiger partial charge in [0.15, 0.2) is 0 Å². The maximum Gasteiger partial charge on any atom is 0.227 e. The molecule has 20 heavy (non-hydrogen) atoms. The average molecular weight is 276 g/mol. The van der Waals surface area contributed by atoms with E-state index in [2.05, 4.69) is 5.32 Å². The molecule has 0 radical (unpaired) electrons. The first-order valence-corrected chi connectivity index (χ1v) is 6.88. The van der Waals surface area contributed by atoms with E-state index in [1.165, 1.54) is 6.92 Å². The topological polar surface area (TPSA) is 69.6 Å². The minimum atomic E-state index is -0.0241. The van der Waals surface area contributed by atoms with Gasteiger partial charge in [-0.05, 0) is 18.9 Å². The zero-order chi connectivity index (χ0) is 14.5. The monoisotopic (exact) mass is 276 g/mol. The maximum atomic E-state index is 12.2. The molecule has 2 amide bonds. The zero-order valence-corrected chi connectivity index (χ0v) is 11.6. The number of likely N-dealkylation sites (tertiary alicyclic amines) is 1. The van der Waals surface area contributed by atoms with E-state index in [-0.39, 0.29) is 30.0 Å². The normalized spacial score (nSPS) is 15.9. The molecule has 0 unspecified atom stereocenters. The first-order valence-electron chi connectivity index (χ1n) is 6.88. The summed E-state index contributed by atoms with van der Waals surface area (Å²) in [4.78, 5) is 25.0. The van der Waals surface area contributed by atoms with E-state index in [0.717, 1.165) is 12.8 Å². The maximum absolute atomic E-state index is 12.2. The quantitative estimate of drug-likeness (QED) is 0.867. The first kappa shape index (κ1) is 14.4. The fourth-order valence-corrected chi connectivity index (χ4v) is 2.50. The van der Waals surface area contributed by atoms with Gasteiger partial charge in [-0.1, -0.05) is 18.2 Å². The third kappa shape index (κ3) is 3.73. The summed E-state index contributed by atoms with van der Waals surface area (Å²) < 4.78 is 0. The Morgan fingerprint density at radius 3 is 2.55 bits per heavy atom. The molecule has 108 valence electrons. The Balaban J connectivity index is 1.86. The largest absolute Gasteiger partial charge is 0.508 e.